The molecule has 1 aromatic heterocycles. The van der Waals surface area contributed by atoms with Crippen LogP contribution in [-0.4, -0.2) is 23.3 Å². The van der Waals surface area contributed by atoms with E-state index < -0.39 is 17.6 Å². The third-order valence-electron chi connectivity index (χ3n) is 5.25. The molecule has 0 atom stereocenters. The van der Waals surface area contributed by atoms with Crippen LogP contribution in [0, 0.1) is 17.6 Å². The number of nitrogens with zero attached hydrogens (tertiary/aromatic N) is 1. The lowest BCUT2D eigenvalue weighted by Gasteiger charge is -2.18. The maximum absolute atomic E-state index is 14.8. The molecule has 3 aromatic carbocycles. The average molecular weight is 437 g/mol. The quantitative estimate of drug-likeness (QED) is 0.365. The van der Waals surface area contributed by atoms with Gasteiger partial charge in [0.15, 0.2) is 0 Å². The molecule has 32 heavy (non-hydrogen) atoms. The van der Waals surface area contributed by atoms with Crippen LogP contribution in [-0.2, 0) is 0 Å². The number of rotatable bonds is 7. The number of H-pyrrole nitrogens is 1. The summed E-state index contributed by atoms with van der Waals surface area (Å²) in [6.45, 7) is 2.59. The molecule has 7 heteroatoms. The van der Waals surface area contributed by atoms with Gasteiger partial charge >= 0.3 is 0 Å². The molecule has 0 radical (unpaired) electrons. The van der Waals surface area contributed by atoms with Gasteiger partial charge in [-0.1, -0.05) is 31.2 Å². The molecule has 0 fully saturated rings. The van der Waals surface area contributed by atoms with Gasteiger partial charge in [0.05, 0.1) is 10.9 Å². The zero-order valence-corrected chi connectivity index (χ0v) is 17.5. The fourth-order valence-corrected chi connectivity index (χ4v) is 3.81. The van der Waals surface area contributed by atoms with Crippen LogP contribution in [0.2, 0.25) is 0 Å². The first-order valence-corrected chi connectivity index (χ1v) is 10.3. The molecule has 0 unspecified atom stereocenters. The molecule has 164 valence electrons. The molecule has 0 saturated carbocycles. The highest BCUT2D eigenvalue weighted by Gasteiger charge is 2.20. The van der Waals surface area contributed by atoms with Crippen molar-refractivity contribution in [3.8, 4) is 5.75 Å². The topological polar surface area (TPSA) is 63.9 Å². The number of nitrogens with one attached hydrogen (secondary N) is 1. The van der Waals surface area contributed by atoms with Gasteiger partial charge in [0.25, 0.3) is 0 Å². The zero-order chi connectivity index (χ0) is 22.7. The average Bonchev–Trinajstić information content (AvgIpc) is 3.17. The van der Waals surface area contributed by atoms with Gasteiger partial charge in [-0.15, -0.1) is 5.10 Å². The monoisotopic (exact) mass is 437 g/mol. The Balaban J connectivity index is 1.97. The van der Waals surface area contributed by atoms with Gasteiger partial charge in [-0.3, -0.25) is 5.10 Å². The molecular weight excluding hydrogens is 415 g/mol. The van der Waals surface area contributed by atoms with Crippen molar-refractivity contribution in [2.75, 3.05) is 13.2 Å². The minimum absolute atomic E-state index is 0.0961. The van der Waals surface area contributed by atoms with Crippen LogP contribution in [0.15, 0.2) is 60.7 Å². The standard InChI is InChI=1S/C25H22F3N3O/c1-2-18(24-20(26)4-3-5-21(24)27)23(15-6-9-17(10-7-15)32-13-12-29)16-8-11-22-19(14-16)25(28)31-30-22/h3-11,14H,2,12-13,29H2,1H3,(H,30,31). The fraction of sp³-hybridized carbons (Fsp3) is 0.160. The first-order chi connectivity index (χ1) is 15.5. The van der Waals surface area contributed by atoms with Crippen LogP contribution in [0.3, 0.4) is 0 Å². The minimum atomic E-state index is -0.655. The van der Waals surface area contributed by atoms with Gasteiger partial charge in [0.1, 0.15) is 24.0 Å². The molecule has 0 amide bonds. The molecule has 0 aliphatic rings. The van der Waals surface area contributed by atoms with Crippen LogP contribution < -0.4 is 10.5 Å². The lowest BCUT2D eigenvalue weighted by Crippen LogP contribution is -2.10. The van der Waals surface area contributed by atoms with Crippen molar-refractivity contribution in [3.05, 3.63) is 94.9 Å². The smallest absolute Gasteiger partial charge is 0.240 e. The maximum Gasteiger partial charge on any atom is 0.240 e. The van der Waals surface area contributed by atoms with Crippen molar-refractivity contribution in [2.45, 2.75) is 13.3 Å². The maximum atomic E-state index is 14.8. The summed E-state index contributed by atoms with van der Waals surface area (Å²) < 4.78 is 49.3. The van der Waals surface area contributed by atoms with Gasteiger partial charge in [-0.2, -0.15) is 4.39 Å². The molecule has 0 saturated heterocycles. The Bertz CT molecular complexity index is 1260. The minimum Gasteiger partial charge on any atom is -0.492 e. The summed E-state index contributed by atoms with van der Waals surface area (Å²) in [6, 6.07) is 16.1. The molecule has 0 aliphatic heterocycles. The fourth-order valence-electron chi connectivity index (χ4n) is 3.81. The van der Waals surface area contributed by atoms with E-state index in [0.29, 0.717) is 58.5 Å². The third-order valence-corrected chi connectivity index (χ3v) is 5.25. The Morgan fingerprint density at radius 3 is 2.31 bits per heavy atom. The number of fused-ring (bicyclic) bond motifs is 1. The molecular formula is C25H22F3N3O. The number of ether oxygens (including phenoxy) is 1. The highest BCUT2D eigenvalue weighted by Crippen LogP contribution is 2.38. The molecule has 3 N–H and O–H groups in total. The van der Waals surface area contributed by atoms with Gasteiger partial charge in [0, 0.05) is 12.1 Å². The van der Waals surface area contributed by atoms with Crippen LogP contribution >= 0.6 is 0 Å². The van der Waals surface area contributed by atoms with Gasteiger partial charge in [0.2, 0.25) is 5.95 Å². The van der Waals surface area contributed by atoms with Gasteiger partial charge in [-0.05, 0) is 65.1 Å². The van der Waals surface area contributed by atoms with Crippen molar-refractivity contribution in [1.29, 1.82) is 0 Å². The van der Waals surface area contributed by atoms with Crippen molar-refractivity contribution >= 4 is 22.0 Å². The number of allylic oxidation sites excluding steroid dienone is 1. The number of hydrogen-bond acceptors (Lipinski definition) is 3. The number of aromatic amines is 1. The number of aromatic nitrogens is 2. The van der Waals surface area contributed by atoms with E-state index in [0.717, 1.165) is 0 Å². The summed E-state index contributed by atoms with van der Waals surface area (Å²) in [7, 11) is 0. The highest BCUT2D eigenvalue weighted by atomic mass is 19.1. The van der Waals surface area contributed by atoms with Crippen LogP contribution in [0.1, 0.15) is 30.0 Å². The Morgan fingerprint density at radius 1 is 0.969 bits per heavy atom. The molecule has 4 rings (SSSR count). The van der Waals surface area contributed by atoms with Crippen LogP contribution in [0.25, 0.3) is 22.0 Å². The summed E-state index contributed by atoms with van der Waals surface area (Å²) in [6.07, 6.45) is 0.352. The molecule has 0 aliphatic carbocycles. The van der Waals surface area contributed by atoms with E-state index in [9.17, 15) is 13.2 Å². The van der Waals surface area contributed by atoms with E-state index in [1.807, 2.05) is 19.1 Å². The lowest BCUT2D eigenvalue weighted by molar-refractivity contribution is 0.328. The second-order valence-corrected chi connectivity index (χ2v) is 7.24. The van der Waals surface area contributed by atoms with Crippen molar-refractivity contribution < 1.29 is 17.9 Å². The molecule has 4 aromatic rings. The summed E-state index contributed by atoms with van der Waals surface area (Å²) in [4.78, 5) is 0. The van der Waals surface area contributed by atoms with Crippen molar-refractivity contribution in [1.82, 2.24) is 10.2 Å². The van der Waals surface area contributed by atoms with E-state index in [-0.39, 0.29) is 5.56 Å². The first kappa shape index (κ1) is 21.6. The molecule has 4 nitrogen and oxygen atoms in total. The predicted octanol–water partition coefficient (Wildman–Crippen LogP) is 5.69. The van der Waals surface area contributed by atoms with Crippen LogP contribution in [0.5, 0.6) is 5.75 Å². The first-order valence-electron chi connectivity index (χ1n) is 10.3. The number of nitrogens with two attached hydrogens (primary N) is 1. The molecule has 1 heterocycles. The molecule has 0 spiro atoms. The summed E-state index contributed by atoms with van der Waals surface area (Å²) in [5, 5.41) is 6.53. The Kier molecular flexibility index (Phi) is 6.28. The highest BCUT2D eigenvalue weighted by molar-refractivity contribution is 6.00. The lowest BCUT2D eigenvalue weighted by atomic mass is 9.87. The Hall–Kier alpha value is -3.58. The number of halogens is 3. The Labute approximate surface area is 183 Å². The van der Waals surface area contributed by atoms with E-state index in [1.165, 1.54) is 18.2 Å². The van der Waals surface area contributed by atoms with E-state index in [2.05, 4.69) is 10.2 Å². The second kappa shape index (κ2) is 9.28. The predicted molar refractivity (Wildman–Crippen MR) is 120 cm³/mol. The van der Waals surface area contributed by atoms with Gasteiger partial charge < -0.3 is 10.5 Å². The summed E-state index contributed by atoms with van der Waals surface area (Å²) in [5.74, 6) is -1.32. The zero-order valence-electron chi connectivity index (χ0n) is 17.5. The van der Waals surface area contributed by atoms with Crippen molar-refractivity contribution in [3.63, 3.8) is 0 Å². The summed E-state index contributed by atoms with van der Waals surface area (Å²) >= 11 is 0. The third kappa shape index (κ3) is 4.11. The van der Waals surface area contributed by atoms with Gasteiger partial charge in [-0.25, -0.2) is 8.78 Å². The van der Waals surface area contributed by atoms with Crippen LogP contribution in [0.4, 0.5) is 13.2 Å². The van der Waals surface area contributed by atoms with Crippen molar-refractivity contribution in [2.24, 2.45) is 5.73 Å². The van der Waals surface area contributed by atoms with E-state index in [1.54, 1.807) is 30.3 Å². The molecule has 0 bridgehead atoms. The van der Waals surface area contributed by atoms with E-state index in [4.69, 9.17) is 10.5 Å². The number of benzene rings is 3. The normalized spacial score (nSPS) is 12.2. The second-order valence-electron chi connectivity index (χ2n) is 7.24. The largest absolute Gasteiger partial charge is 0.492 e. The summed E-state index contributed by atoms with van der Waals surface area (Å²) in [5.41, 5.74) is 8.33. The number of hydrogen-bond donors (Lipinski definition) is 2. The van der Waals surface area contributed by atoms with E-state index >= 15 is 0 Å². The Morgan fingerprint density at radius 2 is 1.66 bits per heavy atom. The SMILES string of the molecule is CCC(=C(c1ccc(OCCN)cc1)c1ccc2[nH]nc(F)c2c1)c1c(F)cccc1F.